The summed E-state index contributed by atoms with van der Waals surface area (Å²) in [5.74, 6) is -0.304. The van der Waals surface area contributed by atoms with Gasteiger partial charge in [-0.2, -0.15) is 8.75 Å². The summed E-state index contributed by atoms with van der Waals surface area (Å²) in [6, 6.07) is -0.283. The number of nitrogens with zero attached hydrogens (tertiary/aromatic N) is 2. The van der Waals surface area contributed by atoms with E-state index < -0.39 is 6.10 Å². The van der Waals surface area contributed by atoms with E-state index in [2.05, 4.69) is 14.1 Å². The molecule has 2 unspecified atom stereocenters. The van der Waals surface area contributed by atoms with Gasteiger partial charge < -0.3 is 10.4 Å². The number of hydrogen-bond acceptors (Lipinski definition) is 5. The summed E-state index contributed by atoms with van der Waals surface area (Å²) in [6.45, 7) is 3.34. The average Bonchev–Trinajstić information content (AvgIpc) is 2.55. The Hall–Kier alpha value is -1.01. The van der Waals surface area contributed by atoms with Crippen LogP contribution in [-0.2, 0) is 0 Å². The van der Waals surface area contributed by atoms with E-state index in [9.17, 15) is 4.79 Å². The second-order valence-electron chi connectivity index (χ2n) is 2.80. The molecule has 0 fully saturated rings. The first-order valence-corrected chi connectivity index (χ1v) is 4.60. The van der Waals surface area contributed by atoms with E-state index in [-0.39, 0.29) is 17.6 Å². The van der Waals surface area contributed by atoms with Gasteiger partial charge in [-0.25, -0.2) is 0 Å². The molecule has 0 radical (unpaired) electrons. The van der Waals surface area contributed by atoms with Crippen LogP contribution < -0.4 is 5.32 Å². The fraction of sp³-hybridized carbons (Fsp3) is 0.571. The molecule has 13 heavy (non-hydrogen) atoms. The normalized spacial score (nSPS) is 15.0. The molecule has 1 aromatic rings. The molecule has 0 bridgehead atoms. The number of aliphatic hydroxyl groups is 1. The topological polar surface area (TPSA) is 75.1 Å². The van der Waals surface area contributed by atoms with Crippen molar-refractivity contribution in [1.29, 1.82) is 0 Å². The van der Waals surface area contributed by atoms with Crippen molar-refractivity contribution in [1.82, 2.24) is 14.1 Å². The van der Waals surface area contributed by atoms with Crippen LogP contribution in [0.5, 0.6) is 0 Å². The van der Waals surface area contributed by atoms with E-state index in [1.807, 2.05) is 0 Å². The van der Waals surface area contributed by atoms with Crippen LogP contribution in [0, 0.1) is 0 Å². The first kappa shape index (κ1) is 10.1. The number of nitrogens with one attached hydrogen (secondary N) is 1. The summed E-state index contributed by atoms with van der Waals surface area (Å²) < 4.78 is 7.47. The Morgan fingerprint density at radius 1 is 1.69 bits per heavy atom. The molecule has 0 saturated heterocycles. The standard InChI is InChI=1S/C7H11N3O2S/c1-4(5(2)11)9-7(12)6-3-8-13-10-6/h3-5,11H,1-2H3,(H,9,12). The summed E-state index contributed by atoms with van der Waals surface area (Å²) in [7, 11) is 0. The molecule has 5 nitrogen and oxygen atoms in total. The van der Waals surface area contributed by atoms with Crippen molar-refractivity contribution >= 4 is 17.6 Å². The second kappa shape index (κ2) is 4.29. The second-order valence-corrected chi connectivity index (χ2v) is 3.35. The molecule has 1 aromatic heterocycles. The van der Waals surface area contributed by atoms with Crippen molar-refractivity contribution in [2.45, 2.75) is 26.0 Å². The molecule has 0 aliphatic rings. The highest BCUT2D eigenvalue weighted by Crippen LogP contribution is 1.97. The molecule has 2 N–H and O–H groups in total. The zero-order chi connectivity index (χ0) is 9.84. The largest absolute Gasteiger partial charge is 0.391 e. The Balaban J connectivity index is 2.52. The van der Waals surface area contributed by atoms with Gasteiger partial charge in [0, 0.05) is 0 Å². The van der Waals surface area contributed by atoms with Crippen molar-refractivity contribution in [3.8, 4) is 0 Å². The van der Waals surface area contributed by atoms with Crippen LogP contribution in [0.2, 0.25) is 0 Å². The molecule has 0 spiro atoms. The van der Waals surface area contributed by atoms with Gasteiger partial charge in [0.25, 0.3) is 5.91 Å². The zero-order valence-electron chi connectivity index (χ0n) is 7.39. The van der Waals surface area contributed by atoms with Crippen LogP contribution in [-0.4, -0.2) is 31.9 Å². The van der Waals surface area contributed by atoms with Gasteiger partial charge in [0.15, 0.2) is 5.69 Å². The molecule has 1 heterocycles. The molecule has 0 saturated carbocycles. The highest BCUT2D eigenvalue weighted by atomic mass is 32.1. The smallest absolute Gasteiger partial charge is 0.272 e. The zero-order valence-corrected chi connectivity index (χ0v) is 8.21. The number of aromatic nitrogens is 2. The van der Waals surface area contributed by atoms with E-state index >= 15 is 0 Å². The maximum atomic E-state index is 11.3. The Bertz CT molecular complexity index is 273. The molecule has 0 aliphatic carbocycles. The molecule has 1 rings (SSSR count). The summed E-state index contributed by atoms with van der Waals surface area (Å²) >= 11 is 0.980. The van der Waals surface area contributed by atoms with E-state index in [0.717, 1.165) is 11.7 Å². The van der Waals surface area contributed by atoms with Crippen LogP contribution in [0.4, 0.5) is 0 Å². The predicted molar refractivity (Wildman–Crippen MR) is 48.5 cm³/mol. The fourth-order valence-electron chi connectivity index (χ4n) is 0.666. The van der Waals surface area contributed by atoms with Crippen LogP contribution in [0.25, 0.3) is 0 Å². The quantitative estimate of drug-likeness (QED) is 0.724. The molecular formula is C7H11N3O2S. The van der Waals surface area contributed by atoms with E-state index in [1.54, 1.807) is 13.8 Å². The summed E-state index contributed by atoms with van der Waals surface area (Å²) in [5, 5.41) is 11.7. The van der Waals surface area contributed by atoms with Gasteiger partial charge in [-0.1, -0.05) is 0 Å². The fourth-order valence-corrected chi connectivity index (χ4v) is 1.08. The average molecular weight is 201 g/mol. The lowest BCUT2D eigenvalue weighted by molar-refractivity contribution is 0.0870. The van der Waals surface area contributed by atoms with E-state index in [1.165, 1.54) is 6.20 Å². The number of hydrogen-bond donors (Lipinski definition) is 2. The maximum absolute atomic E-state index is 11.3. The minimum absolute atomic E-state index is 0.283. The van der Waals surface area contributed by atoms with Crippen molar-refractivity contribution in [2.24, 2.45) is 0 Å². The molecule has 1 amide bonds. The third-order valence-corrected chi connectivity index (χ3v) is 2.15. The highest BCUT2D eigenvalue weighted by molar-refractivity contribution is 6.99. The summed E-state index contributed by atoms with van der Waals surface area (Å²) in [5.41, 5.74) is 0.289. The molecular weight excluding hydrogens is 190 g/mol. The third kappa shape index (κ3) is 2.74. The number of aliphatic hydroxyl groups excluding tert-OH is 1. The molecule has 6 heteroatoms. The number of rotatable bonds is 3. The lowest BCUT2D eigenvalue weighted by Gasteiger charge is -2.15. The van der Waals surface area contributed by atoms with Gasteiger partial charge in [-0.15, -0.1) is 0 Å². The Kier molecular flexibility index (Phi) is 3.32. The van der Waals surface area contributed by atoms with Gasteiger partial charge in [-0.05, 0) is 13.8 Å². The lowest BCUT2D eigenvalue weighted by Crippen LogP contribution is -2.39. The minimum atomic E-state index is -0.574. The molecule has 0 aromatic carbocycles. The predicted octanol–water partition coefficient (Wildman–Crippen LogP) is 0.0372. The Labute approximate surface area is 80.1 Å². The molecule has 72 valence electrons. The van der Waals surface area contributed by atoms with Crippen LogP contribution in [0.15, 0.2) is 6.20 Å². The van der Waals surface area contributed by atoms with Gasteiger partial charge in [0.2, 0.25) is 0 Å². The number of carbonyl (C=O) groups excluding carboxylic acids is 1. The Morgan fingerprint density at radius 2 is 2.38 bits per heavy atom. The summed E-state index contributed by atoms with van der Waals surface area (Å²) in [4.78, 5) is 11.3. The van der Waals surface area contributed by atoms with Crippen molar-refractivity contribution in [3.63, 3.8) is 0 Å². The monoisotopic (exact) mass is 201 g/mol. The Morgan fingerprint density at radius 3 is 2.85 bits per heavy atom. The molecule has 2 atom stereocenters. The lowest BCUT2D eigenvalue weighted by atomic mass is 10.2. The third-order valence-electron chi connectivity index (χ3n) is 1.68. The van der Waals surface area contributed by atoms with Gasteiger partial charge >= 0.3 is 0 Å². The van der Waals surface area contributed by atoms with Crippen LogP contribution in [0.3, 0.4) is 0 Å². The van der Waals surface area contributed by atoms with E-state index in [0.29, 0.717) is 0 Å². The van der Waals surface area contributed by atoms with Crippen molar-refractivity contribution in [2.75, 3.05) is 0 Å². The van der Waals surface area contributed by atoms with Crippen LogP contribution >= 0.6 is 11.7 Å². The van der Waals surface area contributed by atoms with Gasteiger partial charge in [0.05, 0.1) is 30.1 Å². The first-order valence-electron chi connectivity index (χ1n) is 3.87. The first-order chi connectivity index (χ1) is 6.11. The number of carbonyl (C=O) groups is 1. The van der Waals surface area contributed by atoms with Crippen molar-refractivity contribution in [3.05, 3.63) is 11.9 Å². The summed E-state index contributed by atoms with van der Waals surface area (Å²) in [6.07, 6.45) is 0.824. The minimum Gasteiger partial charge on any atom is -0.391 e. The SMILES string of the molecule is CC(O)C(C)NC(=O)c1cnsn1. The van der Waals surface area contributed by atoms with Crippen LogP contribution in [0.1, 0.15) is 24.3 Å². The molecule has 0 aliphatic heterocycles. The van der Waals surface area contributed by atoms with Gasteiger partial charge in [-0.3, -0.25) is 4.79 Å². The number of amides is 1. The highest BCUT2D eigenvalue weighted by Gasteiger charge is 2.14. The van der Waals surface area contributed by atoms with E-state index in [4.69, 9.17) is 5.11 Å². The van der Waals surface area contributed by atoms with Gasteiger partial charge in [0.1, 0.15) is 0 Å². The van der Waals surface area contributed by atoms with Crippen molar-refractivity contribution < 1.29 is 9.90 Å². The maximum Gasteiger partial charge on any atom is 0.272 e.